The number of aliphatic hydroxyl groups excluding tert-OH is 1. The summed E-state index contributed by atoms with van der Waals surface area (Å²) >= 11 is 0. The van der Waals surface area contributed by atoms with Crippen molar-refractivity contribution in [2.24, 2.45) is 76.9 Å². The molecule has 0 radical (unpaired) electrons. The summed E-state index contributed by atoms with van der Waals surface area (Å²) in [6.07, 6.45) is 19.0. The minimum Gasteiger partial charge on any atom is -0.459 e. The number of carbonyl (C=O) groups is 3. The van der Waals surface area contributed by atoms with Crippen LogP contribution in [0.1, 0.15) is 144 Å². The Morgan fingerprint density at radius 3 is 1.84 bits per heavy atom. The molecule has 2 heterocycles. The fourth-order valence-electron chi connectivity index (χ4n) is 12.1. The van der Waals surface area contributed by atoms with Gasteiger partial charge in [-0.1, -0.05) is 60.8 Å². The molecular weight excluding hydrogens is 644 g/mol. The molecule has 8 rings (SSSR count). The van der Waals surface area contributed by atoms with E-state index in [1.165, 1.54) is 64.2 Å². The normalized spacial score (nSPS) is 41.9. The maximum atomic E-state index is 13.1. The first-order valence-electron chi connectivity index (χ1n) is 21.3. The first-order chi connectivity index (χ1) is 24.4. The van der Waals surface area contributed by atoms with E-state index in [2.05, 4.69) is 32.4 Å². The molecule has 2 aliphatic heterocycles. The van der Waals surface area contributed by atoms with Crippen molar-refractivity contribution in [3.63, 3.8) is 0 Å². The molecule has 0 aromatic rings. The van der Waals surface area contributed by atoms with E-state index < -0.39 is 11.9 Å². The van der Waals surface area contributed by atoms with Crippen LogP contribution in [0.3, 0.4) is 0 Å². The van der Waals surface area contributed by atoms with Crippen LogP contribution in [-0.2, 0) is 33.3 Å². The number of fused-ring (bicyclic) bond motifs is 4. The Labute approximate surface area is 308 Å². The van der Waals surface area contributed by atoms with E-state index in [9.17, 15) is 19.5 Å². The summed E-state index contributed by atoms with van der Waals surface area (Å²) in [5.41, 5.74) is -0.0752. The van der Waals surface area contributed by atoms with Crippen LogP contribution >= 0.6 is 0 Å². The highest BCUT2D eigenvalue weighted by Gasteiger charge is 2.54. The van der Waals surface area contributed by atoms with Gasteiger partial charge in [-0.15, -0.1) is 0 Å². The molecule has 0 aromatic heterocycles. The summed E-state index contributed by atoms with van der Waals surface area (Å²) in [5.74, 6) is 6.97. The van der Waals surface area contributed by atoms with Crippen LogP contribution in [0.25, 0.3) is 0 Å². The van der Waals surface area contributed by atoms with Gasteiger partial charge in [0.25, 0.3) is 0 Å². The van der Waals surface area contributed by atoms with Crippen molar-refractivity contribution in [2.45, 2.75) is 162 Å². The number of cyclic esters (lactones) is 2. The molecule has 8 aliphatic rings. The summed E-state index contributed by atoms with van der Waals surface area (Å²) in [6.45, 7) is 14.4. The third-order valence-corrected chi connectivity index (χ3v) is 16.0. The third kappa shape index (κ3) is 8.58. The number of ether oxygens (including phenoxy) is 4. The first-order valence-corrected chi connectivity index (χ1v) is 21.3. The smallest absolute Gasteiger partial charge is 0.317 e. The van der Waals surface area contributed by atoms with Crippen molar-refractivity contribution in [2.75, 3.05) is 13.2 Å². The Bertz CT molecular complexity index is 1160. The second kappa shape index (κ2) is 16.9. The van der Waals surface area contributed by atoms with Crippen LogP contribution in [0, 0.1) is 76.9 Å². The number of hydrogen-bond donors (Lipinski definition) is 1. The van der Waals surface area contributed by atoms with E-state index in [-0.39, 0.29) is 41.7 Å². The third-order valence-electron chi connectivity index (χ3n) is 16.0. The SMILES string of the molecule is CC1C(=O)OC(=O)C1C.CC1C2CC(C(=O)OC3(C4CCCCC4)CCCC3)C(C2)C1C.CC1C2CC(CC(O)CCC3OCCO3)C(C2)C1C. The van der Waals surface area contributed by atoms with Crippen LogP contribution in [0.15, 0.2) is 0 Å². The first kappa shape index (κ1) is 39.2. The predicted molar refractivity (Wildman–Crippen MR) is 195 cm³/mol. The second-order valence-corrected chi connectivity index (χ2v) is 18.6. The van der Waals surface area contributed by atoms with Gasteiger partial charge in [-0.2, -0.15) is 0 Å². The second-order valence-electron chi connectivity index (χ2n) is 18.6. The van der Waals surface area contributed by atoms with Gasteiger partial charge in [0.15, 0.2) is 6.29 Å². The minimum absolute atomic E-state index is 0.0615. The van der Waals surface area contributed by atoms with Crippen molar-refractivity contribution in [3.05, 3.63) is 0 Å². The van der Waals surface area contributed by atoms with E-state index >= 15 is 0 Å². The monoisotopic (exact) mass is 715 g/mol. The zero-order valence-electron chi connectivity index (χ0n) is 32.7. The van der Waals surface area contributed by atoms with E-state index in [1.807, 2.05) is 0 Å². The zero-order chi connectivity index (χ0) is 36.4. The fraction of sp³-hybridized carbons (Fsp3) is 0.930. The molecule has 2 saturated heterocycles. The van der Waals surface area contributed by atoms with Crippen molar-refractivity contribution in [3.8, 4) is 0 Å². The molecule has 0 amide bonds. The lowest BCUT2D eigenvalue weighted by Crippen LogP contribution is -2.44. The number of rotatable bonds is 8. The Morgan fingerprint density at radius 2 is 1.33 bits per heavy atom. The standard InChI is InChI=1S/C21H34O2.C16H28O3.C6H8O3/c1-14-15(2)18-12-16(14)13-19(18)20(22)23-21(10-6-7-11-21)17-8-4-3-5-9-17;1-10-11(2)15-9-12(10)7-13(15)8-14(17)3-4-16-18-5-6-19-16;1-3-4(2)6(8)9-5(3)7/h14-19H,3-13H2,1-2H3;10-17H,3-9H2,1-2H3;3-4H,1-2H3. The van der Waals surface area contributed by atoms with E-state index in [0.29, 0.717) is 31.0 Å². The molecule has 51 heavy (non-hydrogen) atoms. The van der Waals surface area contributed by atoms with Crippen LogP contribution in [-0.4, -0.2) is 54.2 Å². The summed E-state index contributed by atoms with van der Waals surface area (Å²) in [4.78, 5) is 34.2. The average Bonchev–Trinajstić information content (AvgIpc) is 4.00. The molecule has 8 nitrogen and oxygen atoms in total. The average molecular weight is 715 g/mol. The summed E-state index contributed by atoms with van der Waals surface area (Å²) in [7, 11) is 0. The highest BCUT2D eigenvalue weighted by Crippen LogP contribution is 2.57. The fourth-order valence-corrected chi connectivity index (χ4v) is 12.1. The van der Waals surface area contributed by atoms with Gasteiger partial charge in [0.1, 0.15) is 5.60 Å². The summed E-state index contributed by atoms with van der Waals surface area (Å²) < 4.78 is 21.6. The zero-order valence-corrected chi connectivity index (χ0v) is 32.7. The predicted octanol–water partition coefficient (Wildman–Crippen LogP) is 8.51. The van der Waals surface area contributed by atoms with Gasteiger partial charge in [-0.3, -0.25) is 14.4 Å². The van der Waals surface area contributed by atoms with Gasteiger partial charge in [-0.05, 0) is 136 Å². The molecule has 0 aromatic carbocycles. The number of aliphatic hydroxyl groups is 1. The van der Waals surface area contributed by atoms with Gasteiger partial charge in [-0.25, -0.2) is 0 Å². The lowest BCUT2D eigenvalue weighted by atomic mass is 9.74. The molecule has 8 heteroatoms. The number of carbonyl (C=O) groups excluding carboxylic acids is 3. The number of esters is 3. The van der Waals surface area contributed by atoms with Crippen molar-refractivity contribution >= 4 is 17.9 Å². The van der Waals surface area contributed by atoms with Gasteiger partial charge >= 0.3 is 17.9 Å². The van der Waals surface area contributed by atoms with Gasteiger partial charge < -0.3 is 24.1 Å². The highest BCUT2D eigenvalue weighted by atomic mass is 16.7. The summed E-state index contributed by atoms with van der Waals surface area (Å²) in [5, 5.41) is 10.2. The number of hydrogen-bond acceptors (Lipinski definition) is 8. The molecule has 4 bridgehead atoms. The minimum atomic E-state index is -0.396. The molecular formula is C43H70O8. The van der Waals surface area contributed by atoms with Gasteiger partial charge in [0.2, 0.25) is 0 Å². The van der Waals surface area contributed by atoms with Crippen LogP contribution < -0.4 is 0 Å². The molecule has 1 N–H and O–H groups in total. The van der Waals surface area contributed by atoms with E-state index in [1.54, 1.807) is 13.8 Å². The Morgan fingerprint density at radius 1 is 0.765 bits per heavy atom. The molecule has 6 saturated carbocycles. The highest BCUT2D eigenvalue weighted by molar-refractivity contribution is 5.95. The van der Waals surface area contributed by atoms with Gasteiger partial charge in [0.05, 0.1) is 37.1 Å². The maximum absolute atomic E-state index is 13.1. The topological polar surface area (TPSA) is 108 Å². The van der Waals surface area contributed by atoms with E-state index in [0.717, 1.165) is 80.0 Å². The van der Waals surface area contributed by atoms with Crippen LogP contribution in [0.5, 0.6) is 0 Å². The Kier molecular flexibility index (Phi) is 13.0. The molecule has 290 valence electrons. The lowest BCUT2D eigenvalue weighted by Gasteiger charge is -2.41. The lowest BCUT2D eigenvalue weighted by molar-refractivity contribution is -0.175. The van der Waals surface area contributed by atoms with Crippen molar-refractivity contribution in [1.29, 1.82) is 0 Å². The molecule has 8 fully saturated rings. The summed E-state index contributed by atoms with van der Waals surface area (Å²) in [6, 6.07) is 0. The van der Waals surface area contributed by atoms with Crippen LogP contribution in [0.2, 0.25) is 0 Å². The quantitative estimate of drug-likeness (QED) is 0.197. The largest absolute Gasteiger partial charge is 0.459 e. The molecule has 13 atom stereocenters. The van der Waals surface area contributed by atoms with E-state index in [4.69, 9.17) is 14.2 Å². The molecule has 6 aliphatic carbocycles. The van der Waals surface area contributed by atoms with Crippen LogP contribution in [0.4, 0.5) is 0 Å². The van der Waals surface area contributed by atoms with Gasteiger partial charge in [0, 0.05) is 6.42 Å². The van der Waals surface area contributed by atoms with Crippen molar-refractivity contribution in [1.82, 2.24) is 0 Å². The Balaban J connectivity index is 0.000000144. The molecule has 0 spiro atoms. The maximum Gasteiger partial charge on any atom is 0.317 e. The Hall–Kier alpha value is -1.51. The molecule has 13 unspecified atom stereocenters. The van der Waals surface area contributed by atoms with Crippen molar-refractivity contribution < 1.29 is 38.4 Å².